The summed E-state index contributed by atoms with van der Waals surface area (Å²) in [6, 6.07) is 17.1. The number of fused-ring (bicyclic) bond motifs is 1. The fourth-order valence-corrected chi connectivity index (χ4v) is 2.30. The van der Waals surface area contributed by atoms with Gasteiger partial charge in [0.2, 0.25) is 0 Å². The molecule has 17 heavy (non-hydrogen) atoms. The van der Waals surface area contributed by atoms with Crippen LogP contribution in [0.15, 0.2) is 48.5 Å². The van der Waals surface area contributed by atoms with Crippen molar-refractivity contribution >= 4 is 11.4 Å². The van der Waals surface area contributed by atoms with Gasteiger partial charge >= 0.3 is 0 Å². The molecule has 2 nitrogen and oxygen atoms in total. The topological polar surface area (TPSA) is 24.1 Å². The number of para-hydroxylation sites is 1. The SMILES string of the molecule is c1ccc(Cc2cccc3c2NCCN3)cc1. The molecule has 1 aliphatic rings. The summed E-state index contributed by atoms with van der Waals surface area (Å²) in [6.07, 6.45) is 0.985. The summed E-state index contributed by atoms with van der Waals surface area (Å²) in [4.78, 5) is 0. The lowest BCUT2D eigenvalue weighted by atomic mass is 10.0. The summed E-state index contributed by atoms with van der Waals surface area (Å²) < 4.78 is 0. The number of rotatable bonds is 2. The van der Waals surface area contributed by atoms with Gasteiger partial charge in [-0.1, -0.05) is 42.5 Å². The molecule has 0 radical (unpaired) electrons. The molecule has 2 N–H and O–H groups in total. The van der Waals surface area contributed by atoms with E-state index in [4.69, 9.17) is 0 Å². The fourth-order valence-electron chi connectivity index (χ4n) is 2.30. The Balaban J connectivity index is 1.93. The van der Waals surface area contributed by atoms with Crippen LogP contribution in [0.2, 0.25) is 0 Å². The smallest absolute Gasteiger partial charge is 0.0612 e. The van der Waals surface area contributed by atoms with Gasteiger partial charge < -0.3 is 10.6 Å². The van der Waals surface area contributed by atoms with E-state index in [-0.39, 0.29) is 0 Å². The lowest BCUT2D eigenvalue weighted by Crippen LogP contribution is -2.21. The van der Waals surface area contributed by atoms with Gasteiger partial charge in [0, 0.05) is 13.1 Å². The summed E-state index contributed by atoms with van der Waals surface area (Å²) in [5, 5.41) is 6.92. The van der Waals surface area contributed by atoms with Crippen LogP contribution in [-0.2, 0) is 6.42 Å². The summed E-state index contributed by atoms with van der Waals surface area (Å²) >= 11 is 0. The number of hydrogen-bond donors (Lipinski definition) is 2. The molecule has 0 fully saturated rings. The Bertz CT molecular complexity index is 506. The first-order valence-corrected chi connectivity index (χ1v) is 6.07. The third-order valence-electron chi connectivity index (χ3n) is 3.13. The first-order chi connectivity index (χ1) is 8.43. The van der Waals surface area contributed by atoms with Crippen LogP contribution in [0.5, 0.6) is 0 Å². The maximum absolute atomic E-state index is 3.49. The van der Waals surface area contributed by atoms with Gasteiger partial charge in [-0.25, -0.2) is 0 Å². The Morgan fingerprint density at radius 2 is 1.65 bits per heavy atom. The van der Waals surface area contributed by atoms with E-state index >= 15 is 0 Å². The van der Waals surface area contributed by atoms with E-state index in [1.807, 2.05) is 0 Å². The third-order valence-corrected chi connectivity index (χ3v) is 3.13. The molecule has 1 aliphatic heterocycles. The van der Waals surface area contributed by atoms with E-state index in [0.717, 1.165) is 19.5 Å². The summed E-state index contributed by atoms with van der Waals surface area (Å²) in [5.41, 5.74) is 5.21. The van der Waals surface area contributed by atoms with Gasteiger partial charge in [0.1, 0.15) is 0 Å². The Morgan fingerprint density at radius 1 is 0.824 bits per heavy atom. The second kappa shape index (κ2) is 4.50. The maximum atomic E-state index is 3.49. The highest BCUT2D eigenvalue weighted by molar-refractivity contribution is 5.74. The zero-order chi connectivity index (χ0) is 11.5. The molecule has 86 valence electrons. The van der Waals surface area contributed by atoms with E-state index in [1.54, 1.807) is 0 Å². The fraction of sp³-hybridized carbons (Fsp3) is 0.200. The second-order valence-corrected chi connectivity index (χ2v) is 4.36. The first-order valence-electron chi connectivity index (χ1n) is 6.07. The van der Waals surface area contributed by atoms with Crippen molar-refractivity contribution in [2.24, 2.45) is 0 Å². The molecule has 0 saturated heterocycles. The Labute approximate surface area is 102 Å². The lowest BCUT2D eigenvalue weighted by molar-refractivity contribution is 1.03. The molecule has 0 saturated carbocycles. The van der Waals surface area contributed by atoms with Crippen molar-refractivity contribution in [1.29, 1.82) is 0 Å². The minimum Gasteiger partial charge on any atom is -0.382 e. The molecule has 2 aromatic rings. The maximum Gasteiger partial charge on any atom is 0.0612 e. The Kier molecular flexibility index (Phi) is 2.70. The molecule has 0 atom stereocenters. The van der Waals surface area contributed by atoms with Crippen LogP contribution in [0, 0.1) is 0 Å². The number of benzene rings is 2. The van der Waals surface area contributed by atoms with Crippen LogP contribution in [0.1, 0.15) is 11.1 Å². The molecule has 2 heteroatoms. The largest absolute Gasteiger partial charge is 0.382 e. The molecule has 3 rings (SSSR count). The van der Waals surface area contributed by atoms with E-state index in [9.17, 15) is 0 Å². The van der Waals surface area contributed by atoms with Crippen molar-refractivity contribution in [2.75, 3.05) is 23.7 Å². The normalized spacial score (nSPS) is 13.4. The van der Waals surface area contributed by atoms with Crippen molar-refractivity contribution in [3.63, 3.8) is 0 Å². The number of anilines is 2. The van der Waals surface area contributed by atoms with Crippen molar-refractivity contribution in [3.8, 4) is 0 Å². The van der Waals surface area contributed by atoms with Crippen LogP contribution in [0.25, 0.3) is 0 Å². The Morgan fingerprint density at radius 3 is 2.53 bits per heavy atom. The van der Waals surface area contributed by atoms with Crippen LogP contribution in [-0.4, -0.2) is 13.1 Å². The molecule has 0 amide bonds. The summed E-state index contributed by atoms with van der Waals surface area (Å²) in [6.45, 7) is 2.00. The molecular weight excluding hydrogens is 208 g/mol. The highest BCUT2D eigenvalue weighted by atomic mass is 15.0. The average molecular weight is 224 g/mol. The van der Waals surface area contributed by atoms with Gasteiger partial charge in [0.25, 0.3) is 0 Å². The van der Waals surface area contributed by atoms with Gasteiger partial charge in [-0.05, 0) is 23.6 Å². The predicted octanol–water partition coefficient (Wildman–Crippen LogP) is 3.11. The molecule has 2 aromatic carbocycles. The van der Waals surface area contributed by atoms with Crippen LogP contribution >= 0.6 is 0 Å². The lowest BCUT2D eigenvalue weighted by Gasteiger charge is -2.22. The summed E-state index contributed by atoms with van der Waals surface area (Å²) in [5.74, 6) is 0. The molecule has 1 heterocycles. The molecule has 0 aromatic heterocycles. The van der Waals surface area contributed by atoms with Crippen molar-refractivity contribution < 1.29 is 0 Å². The standard InChI is InChI=1S/C15H16N2/c1-2-5-12(6-3-1)11-13-7-4-8-14-15(13)17-10-9-16-14/h1-8,16-17H,9-11H2. The number of hydrogen-bond acceptors (Lipinski definition) is 2. The van der Waals surface area contributed by atoms with Gasteiger partial charge in [-0.2, -0.15) is 0 Å². The van der Waals surface area contributed by atoms with E-state index in [2.05, 4.69) is 59.2 Å². The minimum absolute atomic E-state index is 0.985. The van der Waals surface area contributed by atoms with Crippen molar-refractivity contribution in [2.45, 2.75) is 6.42 Å². The molecule has 0 aliphatic carbocycles. The third kappa shape index (κ3) is 2.11. The van der Waals surface area contributed by atoms with Gasteiger partial charge in [0.05, 0.1) is 11.4 Å². The predicted molar refractivity (Wildman–Crippen MR) is 72.7 cm³/mol. The number of nitrogens with one attached hydrogen (secondary N) is 2. The van der Waals surface area contributed by atoms with Gasteiger partial charge in [-0.3, -0.25) is 0 Å². The minimum atomic E-state index is 0.985. The van der Waals surface area contributed by atoms with Gasteiger partial charge in [0.15, 0.2) is 0 Å². The zero-order valence-corrected chi connectivity index (χ0v) is 9.74. The monoisotopic (exact) mass is 224 g/mol. The van der Waals surface area contributed by atoms with Crippen molar-refractivity contribution in [3.05, 3.63) is 59.7 Å². The second-order valence-electron chi connectivity index (χ2n) is 4.36. The zero-order valence-electron chi connectivity index (χ0n) is 9.74. The average Bonchev–Trinajstić information content (AvgIpc) is 2.40. The first kappa shape index (κ1) is 10.2. The van der Waals surface area contributed by atoms with Crippen molar-refractivity contribution in [1.82, 2.24) is 0 Å². The summed E-state index contributed by atoms with van der Waals surface area (Å²) in [7, 11) is 0. The highest BCUT2D eigenvalue weighted by Crippen LogP contribution is 2.29. The quantitative estimate of drug-likeness (QED) is 0.819. The van der Waals surface area contributed by atoms with Gasteiger partial charge in [-0.15, -0.1) is 0 Å². The van der Waals surface area contributed by atoms with E-state index in [1.165, 1.54) is 22.5 Å². The highest BCUT2D eigenvalue weighted by Gasteiger charge is 2.11. The molecule has 0 bridgehead atoms. The molecule has 0 spiro atoms. The van der Waals surface area contributed by atoms with Crippen LogP contribution in [0.4, 0.5) is 11.4 Å². The van der Waals surface area contributed by atoms with Crippen LogP contribution < -0.4 is 10.6 Å². The van der Waals surface area contributed by atoms with E-state index in [0.29, 0.717) is 0 Å². The van der Waals surface area contributed by atoms with E-state index < -0.39 is 0 Å². The Hall–Kier alpha value is -1.96. The van der Waals surface area contributed by atoms with Crippen LogP contribution in [0.3, 0.4) is 0 Å². The molecule has 0 unspecified atom stereocenters. The molecular formula is C15H16N2.